The molecule has 0 radical (unpaired) electrons. The summed E-state index contributed by atoms with van der Waals surface area (Å²) in [6, 6.07) is 15.4. The molecule has 3 rings (SSSR count). The fraction of sp³-hybridized carbons (Fsp3) is 0.318. The van der Waals surface area contributed by atoms with Crippen LogP contribution < -0.4 is 10.6 Å². The minimum atomic E-state index is -0.273. The molecule has 146 valence electrons. The van der Waals surface area contributed by atoms with E-state index in [4.69, 9.17) is 0 Å². The van der Waals surface area contributed by atoms with E-state index in [2.05, 4.69) is 22.5 Å². The van der Waals surface area contributed by atoms with Gasteiger partial charge < -0.3 is 10.6 Å². The van der Waals surface area contributed by atoms with E-state index in [1.807, 2.05) is 42.5 Å². The number of carbonyl (C=O) groups excluding carboxylic acids is 2. The van der Waals surface area contributed by atoms with Gasteiger partial charge in [-0.05, 0) is 30.5 Å². The minimum Gasteiger partial charge on any atom is -0.350 e. The number of amides is 2. The number of rotatable bonds is 9. The highest BCUT2D eigenvalue weighted by Crippen LogP contribution is 2.13. The maximum atomic E-state index is 12.7. The molecule has 0 aliphatic heterocycles. The van der Waals surface area contributed by atoms with Crippen molar-refractivity contribution in [1.29, 1.82) is 0 Å². The summed E-state index contributed by atoms with van der Waals surface area (Å²) in [5.74, 6) is -0.300. The van der Waals surface area contributed by atoms with Crippen LogP contribution in [-0.4, -0.2) is 34.3 Å². The highest BCUT2D eigenvalue weighted by atomic mass is 16.2. The van der Waals surface area contributed by atoms with Crippen LogP contribution in [0.5, 0.6) is 0 Å². The molecule has 0 saturated heterocycles. The Kier molecular flexibility index (Phi) is 6.78. The smallest absolute Gasteiger partial charge is 0.287 e. The van der Waals surface area contributed by atoms with E-state index in [9.17, 15) is 9.59 Å². The predicted octanol–water partition coefficient (Wildman–Crippen LogP) is 3.23. The lowest BCUT2D eigenvalue weighted by Crippen LogP contribution is -2.27. The van der Waals surface area contributed by atoms with Crippen molar-refractivity contribution >= 4 is 17.3 Å². The molecule has 2 heterocycles. The van der Waals surface area contributed by atoms with Crippen LogP contribution in [0.4, 0.5) is 0 Å². The normalized spacial score (nSPS) is 10.8. The van der Waals surface area contributed by atoms with Crippen molar-refractivity contribution in [3.63, 3.8) is 0 Å². The zero-order valence-corrected chi connectivity index (χ0v) is 16.1. The third-order valence-corrected chi connectivity index (χ3v) is 4.57. The van der Waals surface area contributed by atoms with Gasteiger partial charge in [-0.25, -0.2) is 4.98 Å². The molecule has 0 atom stereocenters. The molecule has 2 amide bonds. The van der Waals surface area contributed by atoms with Gasteiger partial charge in [0.15, 0.2) is 5.69 Å². The van der Waals surface area contributed by atoms with E-state index >= 15 is 0 Å². The van der Waals surface area contributed by atoms with Crippen LogP contribution in [0.25, 0.3) is 5.52 Å². The Balaban J connectivity index is 1.70. The Morgan fingerprint density at radius 3 is 2.46 bits per heavy atom. The number of unbranched alkanes of at least 4 members (excludes halogenated alkanes) is 2. The second-order valence-electron chi connectivity index (χ2n) is 6.69. The van der Waals surface area contributed by atoms with E-state index in [1.54, 1.807) is 16.7 Å². The van der Waals surface area contributed by atoms with E-state index in [1.165, 1.54) is 0 Å². The highest BCUT2D eigenvalue weighted by Gasteiger charge is 2.20. The molecule has 0 aliphatic carbocycles. The first-order valence-electron chi connectivity index (χ1n) is 9.78. The molecule has 0 spiro atoms. The standard InChI is InChI=1S/C22H26N4O2/c1-2-3-8-14-23-22(28)20-25-19(18-12-7-9-16-26(18)20)21(27)24-15-13-17-10-5-4-6-11-17/h4-7,9-12,16H,2-3,8,13-15H2,1H3,(H,23,28)(H,24,27). The average molecular weight is 378 g/mol. The molecule has 6 nitrogen and oxygen atoms in total. The lowest BCUT2D eigenvalue weighted by atomic mass is 10.1. The van der Waals surface area contributed by atoms with Crippen LogP contribution in [0.1, 0.15) is 52.9 Å². The largest absolute Gasteiger partial charge is 0.350 e. The van der Waals surface area contributed by atoms with Gasteiger partial charge in [-0.2, -0.15) is 0 Å². The van der Waals surface area contributed by atoms with Gasteiger partial charge >= 0.3 is 0 Å². The summed E-state index contributed by atoms with van der Waals surface area (Å²) in [6.07, 6.45) is 5.58. The van der Waals surface area contributed by atoms with E-state index in [0.717, 1.165) is 31.2 Å². The van der Waals surface area contributed by atoms with Crippen LogP contribution >= 0.6 is 0 Å². The Morgan fingerprint density at radius 1 is 0.929 bits per heavy atom. The molecule has 0 unspecified atom stereocenters. The third kappa shape index (κ3) is 4.76. The van der Waals surface area contributed by atoms with Crippen molar-refractivity contribution in [2.45, 2.75) is 32.6 Å². The number of aromatic nitrogens is 2. The molecule has 0 saturated carbocycles. The molecule has 0 aliphatic rings. The van der Waals surface area contributed by atoms with Crippen molar-refractivity contribution in [3.05, 3.63) is 71.8 Å². The number of imidazole rings is 1. The second-order valence-corrected chi connectivity index (χ2v) is 6.69. The lowest BCUT2D eigenvalue weighted by molar-refractivity contribution is 0.0942. The molecular weight excluding hydrogens is 352 g/mol. The van der Waals surface area contributed by atoms with Crippen LogP contribution in [-0.2, 0) is 6.42 Å². The van der Waals surface area contributed by atoms with E-state index < -0.39 is 0 Å². The molecule has 3 aromatic rings. The number of carbonyl (C=O) groups is 2. The molecule has 2 aromatic heterocycles. The van der Waals surface area contributed by atoms with Crippen molar-refractivity contribution < 1.29 is 9.59 Å². The van der Waals surface area contributed by atoms with Gasteiger partial charge in [-0.1, -0.05) is 56.2 Å². The first-order valence-corrected chi connectivity index (χ1v) is 9.78. The van der Waals surface area contributed by atoms with Crippen LogP contribution in [0.2, 0.25) is 0 Å². The third-order valence-electron chi connectivity index (χ3n) is 4.57. The Labute approximate surface area is 165 Å². The molecule has 0 fully saturated rings. The Hall–Kier alpha value is -3.15. The predicted molar refractivity (Wildman–Crippen MR) is 110 cm³/mol. The molecular formula is C22H26N4O2. The summed E-state index contributed by atoms with van der Waals surface area (Å²) in [4.78, 5) is 29.5. The van der Waals surface area contributed by atoms with Crippen LogP contribution in [0, 0.1) is 0 Å². The topological polar surface area (TPSA) is 75.5 Å². The van der Waals surface area contributed by atoms with Crippen LogP contribution in [0.3, 0.4) is 0 Å². The van der Waals surface area contributed by atoms with Gasteiger partial charge in [0, 0.05) is 19.3 Å². The summed E-state index contributed by atoms with van der Waals surface area (Å²) in [5.41, 5.74) is 2.05. The fourth-order valence-electron chi connectivity index (χ4n) is 3.07. The maximum absolute atomic E-state index is 12.7. The number of nitrogens with zero attached hydrogens (tertiary/aromatic N) is 2. The summed E-state index contributed by atoms with van der Waals surface area (Å²) >= 11 is 0. The van der Waals surface area contributed by atoms with Gasteiger partial charge in [-0.15, -0.1) is 0 Å². The summed E-state index contributed by atoms with van der Waals surface area (Å²) < 4.78 is 1.67. The Bertz CT molecular complexity index is 934. The van der Waals surface area contributed by atoms with Gasteiger partial charge in [0.25, 0.3) is 11.8 Å². The van der Waals surface area contributed by atoms with Crippen molar-refractivity contribution in [2.24, 2.45) is 0 Å². The zero-order chi connectivity index (χ0) is 19.8. The summed E-state index contributed by atoms with van der Waals surface area (Å²) in [5, 5.41) is 5.79. The van der Waals surface area contributed by atoms with Crippen molar-refractivity contribution in [3.8, 4) is 0 Å². The highest BCUT2D eigenvalue weighted by molar-refractivity contribution is 6.02. The monoisotopic (exact) mass is 378 g/mol. The number of hydrogen-bond acceptors (Lipinski definition) is 3. The van der Waals surface area contributed by atoms with Gasteiger partial charge in [0.2, 0.25) is 5.82 Å². The second kappa shape index (κ2) is 9.69. The van der Waals surface area contributed by atoms with Gasteiger partial charge in [-0.3, -0.25) is 14.0 Å². The fourth-order valence-corrected chi connectivity index (χ4v) is 3.07. The van der Waals surface area contributed by atoms with Crippen LogP contribution in [0.15, 0.2) is 54.7 Å². The van der Waals surface area contributed by atoms with Gasteiger partial charge in [0.1, 0.15) is 0 Å². The first kappa shape index (κ1) is 19.6. The SMILES string of the molecule is CCCCCNC(=O)c1nc(C(=O)NCCc2ccccc2)c2ccccn12. The molecule has 2 N–H and O–H groups in total. The first-order chi connectivity index (χ1) is 13.7. The minimum absolute atomic E-state index is 0.236. The summed E-state index contributed by atoms with van der Waals surface area (Å²) in [7, 11) is 0. The number of pyridine rings is 1. The summed E-state index contributed by atoms with van der Waals surface area (Å²) in [6.45, 7) is 3.23. The number of hydrogen-bond donors (Lipinski definition) is 2. The lowest BCUT2D eigenvalue weighted by Gasteiger charge is -2.04. The molecule has 28 heavy (non-hydrogen) atoms. The van der Waals surface area contributed by atoms with Crippen molar-refractivity contribution in [2.75, 3.05) is 13.1 Å². The van der Waals surface area contributed by atoms with Crippen molar-refractivity contribution in [1.82, 2.24) is 20.0 Å². The number of nitrogens with one attached hydrogen (secondary N) is 2. The average Bonchev–Trinajstić information content (AvgIpc) is 3.12. The molecule has 1 aromatic carbocycles. The quantitative estimate of drug-likeness (QED) is 0.561. The molecule has 0 bridgehead atoms. The van der Waals surface area contributed by atoms with Gasteiger partial charge in [0.05, 0.1) is 5.52 Å². The van der Waals surface area contributed by atoms with E-state index in [0.29, 0.717) is 18.6 Å². The zero-order valence-electron chi connectivity index (χ0n) is 16.1. The molecule has 6 heteroatoms. The van der Waals surface area contributed by atoms with E-state index in [-0.39, 0.29) is 23.3 Å². The Morgan fingerprint density at radius 2 is 1.68 bits per heavy atom. The maximum Gasteiger partial charge on any atom is 0.287 e. The number of fused-ring (bicyclic) bond motifs is 1. The number of benzene rings is 1.